The summed E-state index contributed by atoms with van der Waals surface area (Å²) in [5.41, 5.74) is 6.51. The van der Waals surface area contributed by atoms with Crippen LogP contribution < -0.4 is 14.5 Å². The molecule has 3 fully saturated rings. The molecule has 5 aromatic carbocycles. The van der Waals surface area contributed by atoms with Gasteiger partial charge in [-0.2, -0.15) is 0 Å². The zero-order valence-electron chi connectivity index (χ0n) is 32.2. The van der Waals surface area contributed by atoms with E-state index in [9.17, 15) is 24.3 Å². The summed E-state index contributed by atoms with van der Waals surface area (Å²) in [5.74, 6) is -4.38. The van der Waals surface area contributed by atoms with Crippen LogP contribution in [0.15, 0.2) is 136 Å². The maximum absolute atomic E-state index is 14.7. The lowest BCUT2D eigenvalue weighted by molar-refractivity contribution is -0.126. The lowest BCUT2D eigenvalue weighted by atomic mass is 9.57. The molecule has 11 rings (SSSR count). The van der Waals surface area contributed by atoms with Gasteiger partial charge in [-0.3, -0.25) is 29.0 Å². The van der Waals surface area contributed by atoms with Gasteiger partial charge in [0, 0.05) is 17.0 Å². The molecule has 4 aliphatic rings. The fourth-order valence-electron chi connectivity index (χ4n) is 9.97. The Morgan fingerprint density at radius 3 is 1.77 bits per heavy atom. The first-order chi connectivity index (χ1) is 29.3. The van der Waals surface area contributed by atoms with Crippen LogP contribution in [0, 0.1) is 29.6 Å². The summed E-state index contributed by atoms with van der Waals surface area (Å²) in [4.78, 5) is 70.0. The Hall–Kier alpha value is -7.34. The molecule has 2 aliphatic heterocycles. The number of carbonyl (C=O) groups excluding carboxylic acids is 4. The number of hydrogen-bond donors (Lipinski definition) is 1. The zero-order chi connectivity index (χ0) is 40.8. The number of anilines is 2. The predicted octanol–water partition coefficient (Wildman–Crippen LogP) is 8.45. The summed E-state index contributed by atoms with van der Waals surface area (Å²) in [5, 5.41) is 10.7. The predicted molar refractivity (Wildman–Crippen MR) is 221 cm³/mol. The lowest BCUT2D eigenvalue weighted by Crippen LogP contribution is -2.43. The Morgan fingerprint density at radius 2 is 1.20 bits per heavy atom. The maximum Gasteiger partial charge on any atom is 0.238 e. The number of hydrogen-bond acceptors (Lipinski definition) is 10. The Morgan fingerprint density at radius 1 is 0.650 bits per heavy atom. The molecular formula is C48H36N4O8. The molecule has 4 amide bonds. The number of oxazole rings is 2. The molecule has 12 heteroatoms. The lowest BCUT2D eigenvalue weighted by Gasteiger charge is -2.44. The molecule has 0 radical (unpaired) electrons. The van der Waals surface area contributed by atoms with E-state index in [1.807, 2.05) is 61.5 Å². The number of para-hydroxylation sites is 4. The third-order valence-electron chi connectivity index (χ3n) is 12.6. The molecule has 6 atom stereocenters. The first-order valence-corrected chi connectivity index (χ1v) is 20.1. The van der Waals surface area contributed by atoms with Gasteiger partial charge in [-0.25, -0.2) is 9.97 Å². The number of nitrogens with zero attached hydrogens (tertiary/aromatic N) is 4. The molecule has 6 unspecified atom stereocenters. The number of benzene rings is 5. The van der Waals surface area contributed by atoms with Gasteiger partial charge in [0.2, 0.25) is 35.4 Å². The molecule has 2 aromatic heterocycles. The maximum atomic E-state index is 14.7. The van der Waals surface area contributed by atoms with Crippen LogP contribution in [0.25, 0.3) is 45.1 Å². The third kappa shape index (κ3) is 5.43. The highest BCUT2D eigenvalue weighted by Gasteiger charge is 2.62. The van der Waals surface area contributed by atoms with Gasteiger partial charge in [-0.15, -0.1) is 0 Å². The van der Waals surface area contributed by atoms with Gasteiger partial charge in [-0.05, 0) is 116 Å². The van der Waals surface area contributed by atoms with Crippen LogP contribution in [0.2, 0.25) is 0 Å². The molecule has 7 aromatic rings. The van der Waals surface area contributed by atoms with Gasteiger partial charge in [0.1, 0.15) is 11.0 Å². The number of phenols is 1. The minimum atomic E-state index is -0.796. The molecule has 2 aliphatic carbocycles. The Labute approximate surface area is 342 Å². The summed E-state index contributed by atoms with van der Waals surface area (Å²) in [6.07, 6.45) is 2.52. The largest absolute Gasteiger partial charge is 0.504 e. The number of carbonyl (C=O) groups is 4. The van der Waals surface area contributed by atoms with Crippen molar-refractivity contribution < 1.29 is 37.9 Å². The second kappa shape index (κ2) is 13.6. The molecule has 2 saturated heterocycles. The second-order valence-corrected chi connectivity index (χ2v) is 15.8. The van der Waals surface area contributed by atoms with E-state index in [0.717, 1.165) is 16.6 Å². The van der Waals surface area contributed by atoms with Gasteiger partial charge >= 0.3 is 0 Å². The fraction of sp³-hybridized carbons (Fsp3) is 0.208. The summed E-state index contributed by atoms with van der Waals surface area (Å²) in [6, 6.07) is 33.9. The van der Waals surface area contributed by atoms with Crippen LogP contribution >= 0.6 is 0 Å². The highest BCUT2D eigenvalue weighted by Crippen LogP contribution is 2.59. The first kappa shape index (κ1) is 35.8. The van der Waals surface area contributed by atoms with Gasteiger partial charge in [0.15, 0.2) is 22.7 Å². The minimum absolute atomic E-state index is 0.0500. The quantitative estimate of drug-likeness (QED) is 0.123. The number of rotatable bonds is 7. The van der Waals surface area contributed by atoms with Crippen molar-refractivity contribution in [3.63, 3.8) is 0 Å². The van der Waals surface area contributed by atoms with Crippen molar-refractivity contribution in [2.45, 2.75) is 25.7 Å². The van der Waals surface area contributed by atoms with Crippen molar-refractivity contribution in [3.05, 3.63) is 132 Å². The van der Waals surface area contributed by atoms with Crippen LogP contribution in [-0.4, -0.2) is 45.3 Å². The number of amides is 4. The average molecular weight is 797 g/mol. The monoisotopic (exact) mass is 796 g/mol. The van der Waals surface area contributed by atoms with Gasteiger partial charge in [0.05, 0.1) is 41.7 Å². The first-order valence-electron chi connectivity index (χ1n) is 20.1. The number of allylic oxidation sites excluding steroid dienone is 2. The zero-order valence-corrected chi connectivity index (χ0v) is 32.2. The summed E-state index contributed by atoms with van der Waals surface area (Å²) in [6.45, 7) is 2.11. The molecule has 60 heavy (non-hydrogen) atoms. The number of aromatic nitrogens is 2. The Kier molecular flexibility index (Phi) is 8.13. The Bertz CT molecular complexity index is 2880. The average Bonchev–Trinajstić information content (AvgIpc) is 4.03. The van der Waals surface area contributed by atoms with E-state index in [0.29, 0.717) is 64.0 Å². The van der Waals surface area contributed by atoms with Crippen molar-refractivity contribution in [2.24, 2.45) is 29.6 Å². The molecular weight excluding hydrogens is 761 g/mol. The van der Waals surface area contributed by atoms with Crippen molar-refractivity contribution in [2.75, 3.05) is 16.4 Å². The van der Waals surface area contributed by atoms with Crippen LogP contribution in [0.5, 0.6) is 11.5 Å². The van der Waals surface area contributed by atoms with Crippen LogP contribution in [0.4, 0.5) is 11.4 Å². The highest BCUT2D eigenvalue weighted by atomic mass is 16.5. The van der Waals surface area contributed by atoms with E-state index in [2.05, 4.69) is 9.97 Å². The smallest absolute Gasteiger partial charge is 0.238 e. The van der Waals surface area contributed by atoms with E-state index in [-0.39, 0.29) is 41.5 Å². The third-order valence-corrected chi connectivity index (χ3v) is 12.6. The van der Waals surface area contributed by atoms with E-state index >= 15 is 0 Å². The number of phenolic OH excluding ortho intramolecular Hbond substituents is 1. The van der Waals surface area contributed by atoms with Crippen LogP contribution in [0.1, 0.15) is 31.2 Å². The van der Waals surface area contributed by atoms with Crippen molar-refractivity contribution in [3.8, 4) is 34.4 Å². The molecule has 12 nitrogen and oxygen atoms in total. The topological polar surface area (TPSA) is 156 Å². The number of fused-ring (bicyclic) bond motifs is 6. The number of aromatic hydroxyl groups is 1. The minimum Gasteiger partial charge on any atom is -0.504 e. The van der Waals surface area contributed by atoms with E-state index < -0.39 is 35.5 Å². The van der Waals surface area contributed by atoms with Crippen LogP contribution in [-0.2, 0) is 19.2 Å². The van der Waals surface area contributed by atoms with Gasteiger partial charge in [-0.1, -0.05) is 42.0 Å². The van der Waals surface area contributed by atoms with Crippen molar-refractivity contribution in [1.29, 1.82) is 0 Å². The molecule has 0 spiro atoms. The summed E-state index contributed by atoms with van der Waals surface area (Å²) >= 11 is 0. The van der Waals surface area contributed by atoms with E-state index in [1.54, 1.807) is 60.7 Å². The molecule has 296 valence electrons. The fourth-order valence-corrected chi connectivity index (χ4v) is 9.97. The number of imide groups is 2. The normalized spacial score (nSPS) is 23.6. The second-order valence-electron chi connectivity index (χ2n) is 15.8. The van der Waals surface area contributed by atoms with E-state index in [1.165, 1.54) is 15.9 Å². The van der Waals surface area contributed by atoms with Crippen molar-refractivity contribution in [1.82, 2.24) is 9.97 Å². The van der Waals surface area contributed by atoms with Gasteiger partial charge in [0.25, 0.3) is 0 Å². The molecule has 4 heterocycles. The Balaban J connectivity index is 0.937. The van der Waals surface area contributed by atoms with Gasteiger partial charge < -0.3 is 18.7 Å². The molecule has 0 bridgehead atoms. The SMILES string of the molecule is CCOc1cc(C2C3=CCC4C(=O)N(c5ccc(-c6nc7ccccc7o6)cc5)C(=O)C4C3CC3C(=O)N(c4ccc(-c5nc6ccccc6o5)cc4)C(=O)C32)ccc1O. The summed E-state index contributed by atoms with van der Waals surface area (Å²) < 4.78 is 17.7. The van der Waals surface area contributed by atoms with Crippen molar-refractivity contribution >= 4 is 57.2 Å². The molecule has 1 saturated carbocycles. The van der Waals surface area contributed by atoms with E-state index in [4.69, 9.17) is 13.6 Å². The molecule has 1 N–H and O–H groups in total. The van der Waals surface area contributed by atoms with Crippen LogP contribution in [0.3, 0.4) is 0 Å². The number of ether oxygens (including phenoxy) is 1. The highest BCUT2D eigenvalue weighted by molar-refractivity contribution is 6.24. The summed E-state index contributed by atoms with van der Waals surface area (Å²) in [7, 11) is 0. The standard InChI is InChI=1S/C48H36N4O8/c1-2-58-39-23-27(15-22-36(39)53)40-30-20-21-31-41(47(56)51(45(31)54)28-16-11-25(12-17-28)43-49-34-7-3-5-9-37(34)59-43)32(30)24-33-42(40)48(57)52(46(33)55)29-18-13-26(14-19-29)44-50-35-8-4-6-10-38(35)60-44/h3-20,22-23,31-33,40-42,53H,2,21,24H2,1H3.